The number of hydrogen-bond acceptors (Lipinski definition) is 0. The summed E-state index contributed by atoms with van der Waals surface area (Å²) in [6.07, 6.45) is 0. The number of rotatable bonds is 2. The maximum atomic E-state index is 2.35. The molecule has 0 radical (unpaired) electrons. The van der Waals surface area contributed by atoms with E-state index >= 15 is 0 Å². The summed E-state index contributed by atoms with van der Waals surface area (Å²) in [6, 6.07) is 40.9. The van der Waals surface area contributed by atoms with E-state index in [-0.39, 0.29) is 0 Å². The Morgan fingerprint density at radius 3 is 1.17 bits per heavy atom. The summed E-state index contributed by atoms with van der Waals surface area (Å²) < 4.78 is 3.05. The van der Waals surface area contributed by atoms with Crippen molar-refractivity contribution in [3.8, 4) is 22.3 Å². The molecule has 7 aromatic rings. The van der Waals surface area contributed by atoms with Crippen LogP contribution in [0.5, 0.6) is 0 Å². The Morgan fingerprint density at radius 1 is 0.371 bits per heavy atom. The standard InChI is InChI=1S/C34H24Se/c1-21-3-7-23(8-4-21)25-11-15-29-27(19-25)13-17-31-32-18-14-28-20-26(24-9-5-22(2)6-10-24)12-16-30(28)34(32)35-33(29)31/h3-20H,1-2H3. The molecule has 7 rings (SSSR count). The average molecular weight is 512 g/mol. The van der Waals surface area contributed by atoms with Gasteiger partial charge in [0.1, 0.15) is 0 Å². The van der Waals surface area contributed by atoms with Crippen LogP contribution in [0.2, 0.25) is 0 Å². The molecule has 166 valence electrons. The van der Waals surface area contributed by atoms with Crippen molar-refractivity contribution in [2.24, 2.45) is 0 Å². The topological polar surface area (TPSA) is 0 Å². The Labute approximate surface area is 211 Å². The molecule has 0 amide bonds. The molecule has 6 aromatic carbocycles. The minimum absolute atomic E-state index is 0.292. The number of aryl methyl sites for hydroxylation is 2. The molecule has 0 N–H and O–H groups in total. The van der Waals surface area contributed by atoms with Gasteiger partial charge in [-0.25, -0.2) is 0 Å². The van der Waals surface area contributed by atoms with Gasteiger partial charge >= 0.3 is 212 Å². The molecule has 1 heteroatoms. The molecule has 0 saturated heterocycles. The maximum absolute atomic E-state index is 2.35. The minimum atomic E-state index is 0.292. The molecule has 0 nitrogen and oxygen atoms in total. The molecule has 0 saturated carbocycles. The zero-order valence-corrected chi connectivity index (χ0v) is 21.5. The fourth-order valence-corrected chi connectivity index (χ4v) is 8.08. The van der Waals surface area contributed by atoms with Crippen LogP contribution in [0.3, 0.4) is 0 Å². The SMILES string of the molecule is Cc1ccc(-c2ccc3c(ccc4c5ccc6cc(-c7ccc(C)cc7)ccc6c5[se]c34)c2)cc1. The van der Waals surface area contributed by atoms with Crippen molar-refractivity contribution >= 4 is 55.3 Å². The van der Waals surface area contributed by atoms with E-state index < -0.39 is 0 Å². The molecule has 0 bridgehead atoms. The molecule has 0 spiro atoms. The molecule has 0 atom stereocenters. The number of hydrogen-bond donors (Lipinski definition) is 0. The van der Waals surface area contributed by atoms with E-state index in [2.05, 4.69) is 123 Å². The van der Waals surface area contributed by atoms with E-state index in [9.17, 15) is 0 Å². The van der Waals surface area contributed by atoms with Crippen LogP contribution in [0.1, 0.15) is 11.1 Å². The summed E-state index contributed by atoms with van der Waals surface area (Å²) in [4.78, 5) is 0. The number of fused-ring (bicyclic) bond motifs is 7. The van der Waals surface area contributed by atoms with Gasteiger partial charge in [-0.2, -0.15) is 0 Å². The molecule has 0 aliphatic rings. The van der Waals surface area contributed by atoms with Gasteiger partial charge in [0.25, 0.3) is 0 Å². The molecule has 0 unspecified atom stereocenters. The van der Waals surface area contributed by atoms with Crippen molar-refractivity contribution in [2.75, 3.05) is 0 Å². The summed E-state index contributed by atoms with van der Waals surface area (Å²) in [5.41, 5.74) is 7.73. The fraction of sp³-hybridized carbons (Fsp3) is 0.0588. The zero-order valence-electron chi connectivity index (χ0n) is 19.8. The van der Waals surface area contributed by atoms with Gasteiger partial charge in [-0.3, -0.25) is 0 Å². The first-order valence-corrected chi connectivity index (χ1v) is 13.8. The predicted octanol–water partition coefficient (Wildman–Crippen LogP) is 9.31. The van der Waals surface area contributed by atoms with Crippen molar-refractivity contribution in [2.45, 2.75) is 13.8 Å². The molecule has 1 heterocycles. The Balaban J connectivity index is 1.40. The average Bonchev–Trinajstić information content (AvgIpc) is 3.28. The summed E-state index contributed by atoms with van der Waals surface area (Å²) in [7, 11) is 0. The van der Waals surface area contributed by atoms with Crippen LogP contribution in [0, 0.1) is 13.8 Å². The van der Waals surface area contributed by atoms with Crippen LogP contribution in [-0.2, 0) is 0 Å². The van der Waals surface area contributed by atoms with Gasteiger partial charge < -0.3 is 0 Å². The fourth-order valence-electron chi connectivity index (χ4n) is 5.20. The first-order valence-electron chi connectivity index (χ1n) is 12.1. The van der Waals surface area contributed by atoms with Crippen molar-refractivity contribution in [3.63, 3.8) is 0 Å². The molecular weight excluding hydrogens is 487 g/mol. The summed E-state index contributed by atoms with van der Waals surface area (Å²) in [5, 5.41) is 8.31. The van der Waals surface area contributed by atoms with Crippen molar-refractivity contribution in [1.82, 2.24) is 0 Å². The third-order valence-electron chi connectivity index (χ3n) is 7.20. The normalized spacial score (nSPS) is 11.7. The first-order chi connectivity index (χ1) is 17.1. The molecule has 0 aliphatic carbocycles. The van der Waals surface area contributed by atoms with Crippen molar-refractivity contribution in [1.29, 1.82) is 0 Å². The monoisotopic (exact) mass is 512 g/mol. The van der Waals surface area contributed by atoms with Gasteiger partial charge in [0.15, 0.2) is 0 Å². The Bertz CT molecular complexity index is 1750. The van der Waals surface area contributed by atoms with Gasteiger partial charge in [0.05, 0.1) is 0 Å². The van der Waals surface area contributed by atoms with E-state index in [1.54, 1.807) is 0 Å². The molecule has 1 aromatic heterocycles. The summed E-state index contributed by atoms with van der Waals surface area (Å²) in [6.45, 7) is 4.28. The van der Waals surface area contributed by atoms with Crippen LogP contribution in [0.15, 0.2) is 109 Å². The Hall–Kier alpha value is -3.64. The van der Waals surface area contributed by atoms with E-state index in [4.69, 9.17) is 0 Å². The van der Waals surface area contributed by atoms with Crippen molar-refractivity contribution in [3.05, 3.63) is 120 Å². The van der Waals surface area contributed by atoms with E-state index in [0.29, 0.717) is 14.5 Å². The second-order valence-corrected chi connectivity index (χ2v) is 11.7. The summed E-state index contributed by atoms with van der Waals surface area (Å²) in [5.74, 6) is 0. The second kappa shape index (κ2) is 7.95. The van der Waals surface area contributed by atoms with Gasteiger partial charge in [-0.1, -0.05) is 0 Å². The van der Waals surface area contributed by atoms with Crippen molar-refractivity contribution < 1.29 is 0 Å². The van der Waals surface area contributed by atoms with Gasteiger partial charge in [-0.15, -0.1) is 0 Å². The molecule has 35 heavy (non-hydrogen) atoms. The number of benzene rings is 6. The molecular formula is C34H24Se. The van der Waals surface area contributed by atoms with Crippen LogP contribution in [0.25, 0.3) is 63.1 Å². The van der Waals surface area contributed by atoms with Crippen LogP contribution >= 0.6 is 0 Å². The quantitative estimate of drug-likeness (QED) is 0.203. The third-order valence-corrected chi connectivity index (χ3v) is 9.91. The Morgan fingerprint density at radius 2 is 0.743 bits per heavy atom. The van der Waals surface area contributed by atoms with Crippen LogP contribution < -0.4 is 0 Å². The summed E-state index contributed by atoms with van der Waals surface area (Å²) >= 11 is 0.292. The van der Waals surface area contributed by atoms with E-state index in [1.807, 2.05) is 0 Å². The van der Waals surface area contributed by atoms with Gasteiger partial charge in [-0.05, 0) is 0 Å². The Kier molecular flexibility index (Phi) is 4.71. The van der Waals surface area contributed by atoms with Gasteiger partial charge in [0.2, 0.25) is 0 Å². The van der Waals surface area contributed by atoms with Crippen LogP contribution in [-0.4, -0.2) is 14.5 Å². The predicted molar refractivity (Wildman–Crippen MR) is 154 cm³/mol. The first kappa shape index (κ1) is 20.7. The second-order valence-electron chi connectivity index (χ2n) is 9.59. The zero-order chi connectivity index (χ0) is 23.5. The molecule has 0 fully saturated rings. The molecule has 0 aliphatic heterocycles. The van der Waals surface area contributed by atoms with Gasteiger partial charge in [0, 0.05) is 0 Å². The van der Waals surface area contributed by atoms with E-state index in [1.165, 1.54) is 74.2 Å². The van der Waals surface area contributed by atoms with E-state index in [0.717, 1.165) is 0 Å². The third kappa shape index (κ3) is 3.43. The van der Waals surface area contributed by atoms with Crippen LogP contribution in [0.4, 0.5) is 0 Å².